The molecule has 0 radical (unpaired) electrons. The quantitative estimate of drug-likeness (QED) is 0.136. The van der Waals surface area contributed by atoms with Crippen molar-refractivity contribution in [2.24, 2.45) is 47.3 Å². The van der Waals surface area contributed by atoms with Gasteiger partial charge < -0.3 is 12.3 Å². The third kappa shape index (κ3) is 31.5. The SMILES string of the molecule is CC(C)CC(CC(C)C)OC(CC(C)C)CC(C)C.CC(C)CC(CC(C)C)OC(CC(C)C)CC(C)C.[H-].[H-].[Mg+2]. The van der Waals surface area contributed by atoms with Crippen LogP contribution in [0, 0.1) is 47.3 Å². The number of hydrogen-bond acceptors (Lipinski definition) is 2. The van der Waals surface area contributed by atoms with Gasteiger partial charge in [-0.1, -0.05) is 111 Å². The topological polar surface area (TPSA) is 18.5 Å². The van der Waals surface area contributed by atoms with Crippen molar-refractivity contribution in [2.75, 3.05) is 0 Å². The molecule has 0 N–H and O–H groups in total. The van der Waals surface area contributed by atoms with E-state index < -0.39 is 0 Å². The fourth-order valence-corrected chi connectivity index (χ4v) is 5.58. The molecule has 0 aromatic rings. The average molecular weight is 567 g/mol. The Hall–Kier alpha value is 0.686. The van der Waals surface area contributed by atoms with Gasteiger partial charge in [0, 0.05) is 0 Å². The third-order valence-corrected chi connectivity index (χ3v) is 6.64. The van der Waals surface area contributed by atoms with Crippen LogP contribution in [0.4, 0.5) is 0 Å². The van der Waals surface area contributed by atoms with Crippen LogP contribution in [0.2, 0.25) is 0 Å². The summed E-state index contributed by atoms with van der Waals surface area (Å²) in [6.07, 6.45) is 11.4. The molecule has 0 aliphatic carbocycles. The van der Waals surface area contributed by atoms with Crippen molar-refractivity contribution in [3.05, 3.63) is 0 Å². The maximum absolute atomic E-state index is 6.49. The second-order valence-electron chi connectivity index (χ2n) is 15.8. The number of ether oxygens (including phenoxy) is 2. The molecule has 236 valence electrons. The van der Waals surface area contributed by atoms with E-state index in [-0.39, 0.29) is 25.9 Å². The Balaban J connectivity index is -0.000000196. The van der Waals surface area contributed by atoms with Gasteiger partial charge in [0.1, 0.15) is 0 Å². The van der Waals surface area contributed by atoms with Crippen LogP contribution in [0.3, 0.4) is 0 Å². The van der Waals surface area contributed by atoms with Gasteiger partial charge in [0.05, 0.1) is 24.4 Å². The zero-order chi connectivity index (χ0) is 30.0. The van der Waals surface area contributed by atoms with Gasteiger partial charge in [0.15, 0.2) is 0 Å². The predicted molar refractivity (Wildman–Crippen MR) is 181 cm³/mol. The van der Waals surface area contributed by atoms with Gasteiger partial charge in [0.2, 0.25) is 0 Å². The number of rotatable bonds is 20. The molecule has 0 aliphatic rings. The fourth-order valence-electron chi connectivity index (χ4n) is 5.58. The first-order valence-corrected chi connectivity index (χ1v) is 16.7. The van der Waals surface area contributed by atoms with Crippen molar-refractivity contribution >= 4 is 23.1 Å². The molecule has 0 saturated carbocycles. The third-order valence-electron chi connectivity index (χ3n) is 6.64. The predicted octanol–water partition coefficient (Wildman–Crippen LogP) is 11.7. The molecule has 2 nitrogen and oxygen atoms in total. The molecule has 0 atom stereocenters. The van der Waals surface area contributed by atoms with E-state index in [0.29, 0.717) is 24.4 Å². The molecule has 39 heavy (non-hydrogen) atoms. The van der Waals surface area contributed by atoms with Crippen LogP contribution < -0.4 is 0 Å². The zero-order valence-corrected chi connectivity index (χ0v) is 31.5. The standard InChI is InChI=1S/2C18H38O.Mg.2H/c2*1-13(2)9-17(10-14(3)4)19-18(11-15(5)6)12-16(7)8;;;/h2*13-18H,9-12H2,1-8H3;;;/q;;+2;2*-1. The molecule has 3 heteroatoms. The van der Waals surface area contributed by atoms with E-state index in [9.17, 15) is 0 Å². The Kier molecular flexibility index (Phi) is 28.5. The summed E-state index contributed by atoms with van der Waals surface area (Å²) in [7, 11) is 0. The van der Waals surface area contributed by atoms with Crippen LogP contribution in [0.5, 0.6) is 0 Å². The van der Waals surface area contributed by atoms with Gasteiger partial charge in [-0.2, -0.15) is 0 Å². The van der Waals surface area contributed by atoms with Crippen LogP contribution >= 0.6 is 0 Å². The van der Waals surface area contributed by atoms with E-state index in [4.69, 9.17) is 9.47 Å². The minimum atomic E-state index is 0. The van der Waals surface area contributed by atoms with Crippen LogP contribution in [-0.2, 0) is 9.47 Å². The van der Waals surface area contributed by atoms with Gasteiger partial charge in [-0.05, 0) is 98.7 Å². The Morgan fingerprint density at radius 1 is 0.282 bits per heavy atom. The van der Waals surface area contributed by atoms with E-state index in [1.807, 2.05) is 0 Å². The van der Waals surface area contributed by atoms with Crippen LogP contribution in [0.25, 0.3) is 0 Å². The first kappa shape index (κ1) is 44.1. The summed E-state index contributed by atoms with van der Waals surface area (Å²) in [6.45, 7) is 36.8. The van der Waals surface area contributed by atoms with Crippen LogP contribution in [-0.4, -0.2) is 47.5 Å². The molecule has 0 heterocycles. The maximum Gasteiger partial charge on any atom is 2.00 e. The van der Waals surface area contributed by atoms with E-state index in [2.05, 4.69) is 111 Å². The summed E-state index contributed by atoms with van der Waals surface area (Å²) in [5.74, 6) is 5.80. The first-order valence-electron chi connectivity index (χ1n) is 16.7. The Bertz CT molecular complexity index is 392. The summed E-state index contributed by atoms with van der Waals surface area (Å²) >= 11 is 0. The van der Waals surface area contributed by atoms with Gasteiger partial charge in [-0.3, -0.25) is 0 Å². The first-order chi connectivity index (χ1) is 17.4. The van der Waals surface area contributed by atoms with E-state index >= 15 is 0 Å². The Morgan fingerprint density at radius 3 is 0.462 bits per heavy atom. The largest absolute Gasteiger partial charge is 2.00 e. The minimum absolute atomic E-state index is 0. The van der Waals surface area contributed by atoms with Crippen molar-refractivity contribution in [2.45, 2.75) is 187 Å². The molecule has 0 aromatic carbocycles. The maximum atomic E-state index is 6.49. The summed E-state index contributed by atoms with van der Waals surface area (Å²) in [4.78, 5) is 0. The molecule has 0 amide bonds. The molecule has 0 aliphatic heterocycles. The van der Waals surface area contributed by atoms with Crippen molar-refractivity contribution in [1.82, 2.24) is 0 Å². The van der Waals surface area contributed by atoms with E-state index in [0.717, 1.165) is 47.3 Å². The molecule has 0 unspecified atom stereocenters. The molecule has 0 bridgehead atoms. The molecule has 0 fully saturated rings. The average Bonchev–Trinajstić information content (AvgIpc) is 2.63. The van der Waals surface area contributed by atoms with Crippen LogP contribution in [0.15, 0.2) is 0 Å². The molecule has 0 spiro atoms. The molecular formula is C36H78MgO2. The smallest absolute Gasteiger partial charge is 1.00 e. The summed E-state index contributed by atoms with van der Waals surface area (Å²) in [5, 5.41) is 0. The molecular weight excluding hydrogens is 489 g/mol. The van der Waals surface area contributed by atoms with Gasteiger partial charge in [-0.15, -0.1) is 0 Å². The monoisotopic (exact) mass is 567 g/mol. The van der Waals surface area contributed by atoms with Crippen molar-refractivity contribution in [3.63, 3.8) is 0 Å². The van der Waals surface area contributed by atoms with E-state index in [1.54, 1.807) is 0 Å². The fraction of sp³-hybridized carbons (Fsp3) is 1.00. The second-order valence-corrected chi connectivity index (χ2v) is 15.8. The van der Waals surface area contributed by atoms with Crippen LogP contribution in [0.1, 0.15) is 165 Å². The molecule has 0 rings (SSSR count). The minimum Gasteiger partial charge on any atom is -1.00 e. The normalized spacial score (nSPS) is 12.6. The molecule has 0 saturated heterocycles. The molecule has 0 aromatic heterocycles. The second kappa shape index (κ2) is 25.2. The van der Waals surface area contributed by atoms with Crippen molar-refractivity contribution < 1.29 is 12.3 Å². The number of hydrogen-bond donors (Lipinski definition) is 0. The zero-order valence-electron chi connectivity index (χ0n) is 32.1. The summed E-state index contributed by atoms with van der Waals surface area (Å²) in [5.41, 5.74) is 0. The van der Waals surface area contributed by atoms with E-state index in [1.165, 1.54) is 51.4 Å². The Morgan fingerprint density at radius 2 is 0.385 bits per heavy atom. The van der Waals surface area contributed by atoms with Gasteiger partial charge in [-0.25, -0.2) is 0 Å². The van der Waals surface area contributed by atoms with Crippen molar-refractivity contribution in [3.8, 4) is 0 Å². The van der Waals surface area contributed by atoms with Gasteiger partial charge in [0.25, 0.3) is 0 Å². The summed E-state index contributed by atoms with van der Waals surface area (Å²) < 4.78 is 13.0. The summed E-state index contributed by atoms with van der Waals surface area (Å²) in [6, 6.07) is 0. The van der Waals surface area contributed by atoms with Gasteiger partial charge >= 0.3 is 23.1 Å². The Labute approximate surface area is 268 Å². The van der Waals surface area contributed by atoms with Crippen molar-refractivity contribution in [1.29, 1.82) is 0 Å².